The van der Waals surface area contributed by atoms with Crippen molar-refractivity contribution in [2.24, 2.45) is 9.98 Å². The smallest absolute Gasteiger partial charge is 0.279 e. The Morgan fingerprint density at radius 3 is 2.69 bits per heavy atom. The van der Waals surface area contributed by atoms with E-state index in [1.807, 2.05) is 47.5 Å². The van der Waals surface area contributed by atoms with Crippen molar-refractivity contribution < 1.29 is 9.18 Å². The monoisotopic (exact) mass is 409 g/mol. The summed E-state index contributed by atoms with van der Waals surface area (Å²) in [7, 11) is 0. The Morgan fingerprint density at radius 1 is 1.12 bits per heavy atom. The lowest BCUT2D eigenvalue weighted by atomic mass is 10.1. The molecular weight excluding hydrogens is 397 g/mol. The molecule has 4 nitrogen and oxygen atoms in total. The fraction of sp³-hybridized carbons (Fsp3) is 0.0500. The van der Waals surface area contributed by atoms with Crippen LogP contribution in [0.15, 0.2) is 81.4 Å². The zero-order chi connectivity index (χ0) is 18.1. The third kappa shape index (κ3) is 3.28. The highest BCUT2D eigenvalue weighted by Gasteiger charge is 2.21. The highest BCUT2D eigenvalue weighted by molar-refractivity contribution is 9.11. The lowest BCUT2D eigenvalue weighted by molar-refractivity contribution is 0.100. The Balaban J connectivity index is 1.80. The minimum Gasteiger partial charge on any atom is -0.327 e. The molecule has 1 amide bonds. The van der Waals surface area contributed by atoms with Crippen LogP contribution in [0.2, 0.25) is 0 Å². The van der Waals surface area contributed by atoms with Gasteiger partial charge in [-0.25, -0.2) is 9.38 Å². The van der Waals surface area contributed by atoms with Crippen LogP contribution in [0.4, 0.5) is 4.39 Å². The molecule has 26 heavy (non-hydrogen) atoms. The van der Waals surface area contributed by atoms with Crippen molar-refractivity contribution in [2.75, 3.05) is 0 Å². The van der Waals surface area contributed by atoms with E-state index in [0.29, 0.717) is 23.8 Å². The number of hydrogen-bond donors (Lipinski definition) is 0. The summed E-state index contributed by atoms with van der Waals surface area (Å²) in [5, 5.41) is 0. The Labute approximate surface area is 158 Å². The molecule has 6 heteroatoms. The van der Waals surface area contributed by atoms with Gasteiger partial charge in [0.1, 0.15) is 11.7 Å². The zero-order valence-electron chi connectivity index (χ0n) is 13.6. The molecule has 128 valence electrons. The second-order valence-electron chi connectivity index (χ2n) is 5.85. The van der Waals surface area contributed by atoms with Gasteiger partial charge in [0.05, 0.1) is 0 Å². The van der Waals surface area contributed by atoms with E-state index in [0.717, 1.165) is 15.6 Å². The maximum Gasteiger partial charge on any atom is 0.279 e. The van der Waals surface area contributed by atoms with Gasteiger partial charge in [-0.05, 0) is 57.9 Å². The van der Waals surface area contributed by atoms with Crippen LogP contribution in [-0.2, 0) is 6.54 Å². The number of aliphatic imine (C=N–C) groups is 2. The SMILES string of the molecule is O=C(N=C1N=C2C=CC(Br)=CN2Cc2ccccc21)c1ccc(F)cc1. The van der Waals surface area contributed by atoms with Crippen LogP contribution < -0.4 is 0 Å². The summed E-state index contributed by atoms with van der Waals surface area (Å²) < 4.78 is 14.0. The first-order chi connectivity index (χ1) is 12.6. The molecule has 2 heterocycles. The average molecular weight is 410 g/mol. The second kappa shape index (κ2) is 6.80. The number of nitrogens with zero attached hydrogens (tertiary/aromatic N) is 3. The van der Waals surface area contributed by atoms with Crippen LogP contribution in [0, 0.1) is 5.82 Å². The van der Waals surface area contributed by atoms with Gasteiger partial charge in [0.25, 0.3) is 5.91 Å². The molecule has 0 spiro atoms. The van der Waals surface area contributed by atoms with Crippen molar-refractivity contribution in [3.05, 3.63) is 93.9 Å². The molecule has 0 aliphatic carbocycles. The van der Waals surface area contributed by atoms with Gasteiger partial charge < -0.3 is 4.90 Å². The van der Waals surface area contributed by atoms with Gasteiger partial charge in [-0.2, -0.15) is 4.99 Å². The van der Waals surface area contributed by atoms with Gasteiger partial charge in [-0.15, -0.1) is 0 Å². The second-order valence-corrected chi connectivity index (χ2v) is 6.77. The molecule has 2 aromatic rings. The number of amidine groups is 2. The first-order valence-electron chi connectivity index (χ1n) is 7.98. The van der Waals surface area contributed by atoms with Gasteiger partial charge in [0, 0.05) is 28.4 Å². The van der Waals surface area contributed by atoms with Crippen LogP contribution in [0.5, 0.6) is 0 Å². The lowest BCUT2D eigenvalue weighted by Crippen LogP contribution is -2.24. The van der Waals surface area contributed by atoms with Crippen molar-refractivity contribution in [3.63, 3.8) is 0 Å². The highest BCUT2D eigenvalue weighted by atomic mass is 79.9. The summed E-state index contributed by atoms with van der Waals surface area (Å²) in [6.07, 6.45) is 5.71. The van der Waals surface area contributed by atoms with Crippen molar-refractivity contribution in [2.45, 2.75) is 6.54 Å². The zero-order valence-corrected chi connectivity index (χ0v) is 15.1. The maximum atomic E-state index is 13.1. The number of benzene rings is 2. The Hall–Kier alpha value is -2.86. The Morgan fingerprint density at radius 2 is 1.88 bits per heavy atom. The molecule has 0 atom stereocenters. The number of halogens is 2. The summed E-state index contributed by atoms with van der Waals surface area (Å²) in [5.41, 5.74) is 2.14. The quantitative estimate of drug-likeness (QED) is 0.698. The third-order valence-corrected chi connectivity index (χ3v) is 4.55. The molecule has 2 aliphatic heterocycles. The van der Waals surface area contributed by atoms with Crippen LogP contribution in [0.3, 0.4) is 0 Å². The average Bonchev–Trinajstić information content (AvgIpc) is 2.78. The van der Waals surface area contributed by atoms with Crippen LogP contribution in [0.1, 0.15) is 21.5 Å². The van der Waals surface area contributed by atoms with Gasteiger partial charge in [0.15, 0.2) is 5.84 Å². The summed E-state index contributed by atoms with van der Waals surface area (Å²) >= 11 is 3.47. The third-order valence-electron chi connectivity index (χ3n) is 4.08. The molecule has 2 aromatic carbocycles. The van der Waals surface area contributed by atoms with Crippen molar-refractivity contribution in [3.8, 4) is 0 Å². The number of amides is 1. The van der Waals surface area contributed by atoms with Gasteiger partial charge in [-0.3, -0.25) is 4.79 Å². The predicted octanol–water partition coefficient (Wildman–Crippen LogP) is 4.43. The molecule has 0 radical (unpaired) electrons. The molecule has 0 aromatic heterocycles. The molecule has 0 saturated carbocycles. The van der Waals surface area contributed by atoms with Crippen molar-refractivity contribution in [1.29, 1.82) is 0 Å². The van der Waals surface area contributed by atoms with Crippen molar-refractivity contribution in [1.82, 2.24) is 4.90 Å². The standard InChI is InChI=1S/C20H13BrFN3O/c21-15-7-10-18-23-19(24-20(26)13-5-8-16(22)9-6-13)17-4-2-1-3-14(17)11-25(18)12-15/h1-10,12H,11H2. The number of rotatable bonds is 1. The Kier molecular flexibility index (Phi) is 4.34. The first-order valence-corrected chi connectivity index (χ1v) is 8.77. The molecule has 0 N–H and O–H groups in total. The van der Waals surface area contributed by atoms with E-state index < -0.39 is 11.7 Å². The van der Waals surface area contributed by atoms with Gasteiger partial charge in [0.2, 0.25) is 0 Å². The van der Waals surface area contributed by atoms with E-state index in [4.69, 9.17) is 0 Å². The van der Waals surface area contributed by atoms with E-state index in [2.05, 4.69) is 25.9 Å². The predicted molar refractivity (Wildman–Crippen MR) is 103 cm³/mol. The number of carbonyl (C=O) groups is 1. The van der Waals surface area contributed by atoms with Crippen LogP contribution in [0.25, 0.3) is 0 Å². The summed E-state index contributed by atoms with van der Waals surface area (Å²) in [5.74, 6) is 0.206. The van der Waals surface area contributed by atoms with E-state index in [1.54, 1.807) is 0 Å². The number of carbonyl (C=O) groups excluding carboxylic acids is 1. The van der Waals surface area contributed by atoms with Crippen LogP contribution >= 0.6 is 15.9 Å². The minimum absolute atomic E-state index is 0.319. The molecule has 4 rings (SSSR count). The van der Waals surface area contributed by atoms with Gasteiger partial charge >= 0.3 is 0 Å². The number of allylic oxidation sites excluding steroid dienone is 2. The Bertz CT molecular complexity index is 1010. The summed E-state index contributed by atoms with van der Waals surface area (Å²) in [6, 6.07) is 13.1. The number of hydrogen-bond acceptors (Lipinski definition) is 2. The lowest BCUT2D eigenvalue weighted by Gasteiger charge is -2.21. The van der Waals surface area contributed by atoms with E-state index in [-0.39, 0.29) is 0 Å². The minimum atomic E-state index is -0.455. The topological polar surface area (TPSA) is 45.0 Å². The number of fused-ring (bicyclic) bond motifs is 2. The molecular formula is C20H13BrFN3O. The molecule has 0 unspecified atom stereocenters. The summed E-state index contributed by atoms with van der Waals surface area (Å²) in [6.45, 7) is 0.623. The molecule has 0 bridgehead atoms. The van der Waals surface area contributed by atoms with E-state index in [9.17, 15) is 9.18 Å². The first kappa shape index (κ1) is 16.6. The highest BCUT2D eigenvalue weighted by Crippen LogP contribution is 2.24. The van der Waals surface area contributed by atoms with Crippen LogP contribution in [-0.4, -0.2) is 22.5 Å². The fourth-order valence-corrected chi connectivity index (χ4v) is 3.18. The fourth-order valence-electron chi connectivity index (χ4n) is 2.80. The summed E-state index contributed by atoms with van der Waals surface area (Å²) in [4.78, 5) is 23.3. The van der Waals surface area contributed by atoms with E-state index in [1.165, 1.54) is 24.3 Å². The molecule has 0 saturated heterocycles. The molecule has 0 fully saturated rings. The largest absolute Gasteiger partial charge is 0.327 e. The maximum absolute atomic E-state index is 13.1. The normalized spacial score (nSPS) is 17.2. The van der Waals surface area contributed by atoms with E-state index >= 15 is 0 Å². The van der Waals surface area contributed by atoms with Gasteiger partial charge in [-0.1, -0.05) is 24.3 Å². The molecule has 2 aliphatic rings. The van der Waals surface area contributed by atoms with Crippen molar-refractivity contribution >= 4 is 33.5 Å².